The van der Waals surface area contributed by atoms with Crippen molar-refractivity contribution in [1.29, 1.82) is 0 Å². The van der Waals surface area contributed by atoms with E-state index in [9.17, 15) is 0 Å². The molecule has 1 aromatic heterocycles. The Morgan fingerprint density at radius 1 is 1.21 bits per heavy atom. The van der Waals surface area contributed by atoms with Gasteiger partial charge in [0.25, 0.3) is 0 Å². The maximum Gasteiger partial charge on any atom is 0.146 e. The Morgan fingerprint density at radius 3 is 2.89 bits per heavy atom. The van der Waals surface area contributed by atoms with Crippen LogP contribution in [0, 0.1) is 0 Å². The van der Waals surface area contributed by atoms with E-state index in [1.54, 1.807) is 12.4 Å². The Morgan fingerprint density at radius 2 is 2.11 bits per heavy atom. The average Bonchev–Trinajstić information content (AvgIpc) is 2.39. The van der Waals surface area contributed by atoms with Gasteiger partial charge in [-0.2, -0.15) is 0 Å². The zero-order valence-electron chi connectivity index (χ0n) is 10.9. The summed E-state index contributed by atoms with van der Waals surface area (Å²) in [6, 6.07) is 9.99. The quantitative estimate of drug-likeness (QED) is 0.812. The lowest BCUT2D eigenvalue weighted by atomic mass is 10.2. The predicted octanol–water partition coefficient (Wildman–Crippen LogP) is 4.14. The van der Waals surface area contributed by atoms with E-state index in [1.807, 2.05) is 24.3 Å². The molecule has 1 aromatic carbocycles. The summed E-state index contributed by atoms with van der Waals surface area (Å²) < 4.78 is 6.69. The molecule has 0 spiro atoms. The first-order valence-electron chi connectivity index (χ1n) is 6.36. The second-order valence-electron chi connectivity index (χ2n) is 4.27. The summed E-state index contributed by atoms with van der Waals surface area (Å²) in [5.74, 6) is 1.56. The van der Waals surface area contributed by atoms with Crippen LogP contribution in [0.4, 0.5) is 0 Å². The summed E-state index contributed by atoms with van der Waals surface area (Å²) in [5, 5.41) is 3.38. The van der Waals surface area contributed by atoms with Gasteiger partial charge < -0.3 is 10.1 Å². The van der Waals surface area contributed by atoms with Gasteiger partial charge in [0.15, 0.2) is 0 Å². The van der Waals surface area contributed by atoms with Crippen LogP contribution in [0.1, 0.15) is 18.9 Å². The highest BCUT2D eigenvalue weighted by molar-refractivity contribution is 9.10. The molecule has 0 radical (unpaired) electrons. The first-order valence-corrected chi connectivity index (χ1v) is 7.15. The third kappa shape index (κ3) is 4.65. The van der Waals surface area contributed by atoms with E-state index < -0.39 is 0 Å². The molecule has 100 valence electrons. The van der Waals surface area contributed by atoms with Gasteiger partial charge in [0.05, 0.1) is 6.20 Å². The molecule has 0 atom stereocenters. The van der Waals surface area contributed by atoms with Crippen molar-refractivity contribution < 1.29 is 4.74 Å². The molecule has 0 saturated carbocycles. The van der Waals surface area contributed by atoms with Crippen molar-refractivity contribution in [1.82, 2.24) is 10.3 Å². The van der Waals surface area contributed by atoms with Gasteiger partial charge in [-0.3, -0.25) is 4.98 Å². The summed E-state index contributed by atoms with van der Waals surface area (Å²) in [7, 11) is 0. The lowest BCUT2D eigenvalue weighted by molar-refractivity contribution is 0.478. The third-order valence-corrected chi connectivity index (χ3v) is 3.00. The van der Waals surface area contributed by atoms with Crippen molar-refractivity contribution >= 4 is 15.9 Å². The fourth-order valence-corrected chi connectivity index (χ4v) is 2.06. The van der Waals surface area contributed by atoms with Gasteiger partial charge in [-0.25, -0.2) is 0 Å². The standard InChI is InChI=1S/C15H17BrN2O/c1-2-6-17-9-12-4-3-5-14(7-12)19-15-8-13(16)10-18-11-15/h3-5,7-8,10-11,17H,2,6,9H2,1H3. The monoisotopic (exact) mass is 320 g/mol. The minimum atomic E-state index is 0.730. The summed E-state index contributed by atoms with van der Waals surface area (Å²) >= 11 is 3.38. The molecule has 0 aliphatic carbocycles. The molecule has 1 N–H and O–H groups in total. The van der Waals surface area contributed by atoms with Crippen LogP contribution in [0.5, 0.6) is 11.5 Å². The maximum absolute atomic E-state index is 5.79. The van der Waals surface area contributed by atoms with Crippen molar-refractivity contribution in [2.45, 2.75) is 19.9 Å². The maximum atomic E-state index is 5.79. The van der Waals surface area contributed by atoms with Gasteiger partial charge in [-0.15, -0.1) is 0 Å². The van der Waals surface area contributed by atoms with Crippen molar-refractivity contribution in [3.63, 3.8) is 0 Å². The first-order chi connectivity index (χ1) is 9.28. The molecule has 2 rings (SSSR count). The molecule has 0 fully saturated rings. The van der Waals surface area contributed by atoms with E-state index in [0.29, 0.717) is 0 Å². The molecule has 0 bridgehead atoms. The number of nitrogens with zero attached hydrogens (tertiary/aromatic N) is 1. The number of pyridine rings is 1. The lowest BCUT2D eigenvalue weighted by Crippen LogP contribution is -2.13. The number of ether oxygens (including phenoxy) is 1. The number of aromatic nitrogens is 1. The van der Waals surface area contributed by atoms with Crippen molar-refractivity contribution in [3.05, 3.63) is 52.8 Å². The van der Waals surface area contributed by atoms with Crippen LogP contribution in [0.15, 0.2) is 47.2 Å². The molecule has 0 aliphatic heterocycles. The second-order valence-corrected chi connectivity index (χ2v) is 5.18. The molecule has 19 heavy (non-hydrogen) atoms. The second kappa shape index (κ2) is 7.26. The number of halogens is 1. The van der Waals surface area contributed by atoms with Crippen LogP contribution in [-0.4, -0.2) is 11.5 Å². The Hall–Kier alpha value is -1.39. The highest BCUT2D eigenvalue weighted by atomic mass is 79.9. The van der Waals surface area contributed by atoms with E-state index in [-0.39, 0.29) is 0 Å². The van der Waals surface area contributed by atoms with Crippen molar-refractivity contribution in [2.24, 2.45) is 0 Å². The normalized spacial score (nSPS) is 10.4. The summed E-state index contributed by atoms with van der Waals surface area (Å²) in [6.07, 6.45) is 4.57. The summed E-state index contributed by atoms with van der Waals surface area (Å²) in [4.78, 5) is 4.08. The Kier molecular flexibility index (Phi) is 5.36. The van der Waals surface area contributed by atoms with E-state index in [0.717, 1.165) is 35.5 Å². The molecule has 3 nitrogen and oxygen atoms in total. The van der Waals surface area contributed by atoms with E-state index in [1.165, 1.54) is 5.56 Å². The van der Waals surface area contributed by atoms with Crippen LogP contribution >= 0.6 is 15.9 Å². The van der Waals surface area contributed by atoms with Gasteiger partial charge in [0.2, 0.25) is 0 Å². The number of benzene rings is 1. The average molecular weight is 321 g/mol. The van der Waals surface area contributed by atoms with Crippen LogP contribution < -0.4 is 10.1 Å². The van der Waals surface area contributed by atoms with E-state index in [2.05, 4.69) is 39.2 Å². The molecule has 4 heteroatoms. The van der Waals surface area contributed by atoms with Gasteiger partial charge in [0, 0.05) is 17.2 Å². The summed E-state index contributed by atoms with van der Waals surface area (Å²) in [6.45, 7) is 4.05. The number of hydrogen-bond acceptors (Lipinski definition) is 3. The number of nitrogens with one attached hydrogen (secondary N) is 1. The molecular formula is C15H17BrN2O. The number of rotatable bonds is 6. The van der Waals surface area contributed by atoms with E-state index >= 15 is 0 Å². The fourth-order valence-electron chi connectivity index (χ4n) is 1.71. The predicted molar refractivity (Wildman–Crippen MR) is 80.5 cm³/mol. The minimum absolute atomic E-state index is 0.730. The minimum Gasteiger partial charge on any atom is -0.456 e. The van der Waals surface area contributed by atoms with Gasteiger partial charge >= 0.3 is 0 Å². The van der Waals surface area contributed by atoms with Gasteiger partial charge in [-0.1, -0.05) is 19.1 Å². The lowest BCUT2D eigenvalue weighted by Gasteiger charge is -2.08. The Balaban J connectivity index is 2.02. The van der Waals surface area contributed by atoms with Crippen molar-refractivity contribution in [3.8, 4) is 11.5 Å². The molecular weight excluding hydrogens is 304 g/mol. The zero-order chi connectivity index (χ0) is 13.5. The first kappa shape index (κ1) is 14.0. The van der Waals surface area contributed by atoms with Gasteiger partial charge in [-0.05, 0) is 52.7 Å². The largest absolute Gasteiger partial charge is 0.456 e. The molecule has 1 heterocycles. The van der Waals surface area contributed by atoms with Crippen molar-refractivity contribution in [2.75, 3.05) is 6.54 Å². The van der Waals surface area contributed by atoms with Crippen LogP contribution in [0.2, 0.25) is 0 Å². The topological polar surface area (TPSA) is 34.1 Å². The van der Waals surface area contributed by atoms with Crippen LogP contribution in [0.25, 0.3) is 0 Å². The Labute approximate surface area is 122 Å². The summed E-state index contributed by atoms with van der Waals surface area (Å²) in [5.41, 5.74) is 1.22. The Bertz CT molecular complexity index is 531. The highest BCUT2D eigenvalue weighted by Gasteiger charge is 2.00. The van der Waals surface area contributed by atoms with Crippen LogP contribution in [0.3, 0.4) is 0 Å². The third-order valence-electron chi connectivity index (χ3n) is 2.57. The SMILES string of the molecule is CCCNCc1cccc(Oc2cncc(Br)c2)c1. The molecule has 0 unspecified atom stereocenters. The zero-order valence-corrected chi connectivity index (χ0v) is 12.5. The van der Waals surface area contributed by atoms with Gasteiger partial charge in [0.1, 0.15) is 11.5 Å². The molecule has 0 amide bonds. The number of hydrogen-bond donors (Lipinski definition) is 1. The van der Waals surface area contributed by atoms with E-state index in [4.69, 9.17) is 4.74 Å². The molecule has 0 aliphatic rings. The van der Waals surface area contributed by atoms with Crippen LogP contribution in [-0.2, 0) is 6.54 Å². The molecule has 2 aromatic rings. The highest BCUT2D eigenvalue weighted by Crippen LogP contribution is 2.23. The smallest absolute Gasteiger partial charge is 0.146 e. The molecule has 0 saturated heterocycles. The fraction of sp³-hybridized carbons (Fsp3) is 0.267.